The summed E-state index contributed by atoms with van der Waals surface area (Å²) in [5, 5.41) is 3.44. The van der Waals surface area contributed by atoms with E-state index in [-0.39, 0.29) is 6.10 Å². The predicted octanol–water partition coefficient (Wildman–Crippen LogP) is 3.37. The van der Waals surface area contributed by atoms with Crippen LogP contribution in [0.2, 0.25) is 0 Å². The molecular weight excluding hydrogens is 262 g/mol. The zero-order valence-corrected chi connectivity index (χ0v) is 14.5. The van der Waals surface area contributed by atoms with Crippen LogP contribution in [0.15, 0.2) is 0 Å². The van der Waals surface area contributed by atoms with E-state index in [1.165, 1.54) is 12.0 Å². The van der Waals surface area contributed by atoms with Crippen molar-refractivity contribution in [1.29, 1.82) is 0 Å². The van der Waals surface area contributed by atoms with Gasteiger partial charge in [0.15, 0.2) is 5.82 Å². The van der Waals surface area contributed by atoms with Crippen molar-refractivity contribution in [2.75, 3.05) is 20.2 Å². The molecule has 0 amide bonds. The Morgan fingerprint density at radius 1 is 1.10 bits per heavy atom. The van der Waals surface area contributed by atoms with E-state index in [1.807, 2.05) is 0 Å². The molecule has 0 aromatic carbocycles. The molecule has 1 aromatic heterocycles. The predicted molar refractivity (Wildman–Crippen MR) is 87.6 cm³/mol. The van der Waals surface area contributed by atoms with Crippen LogP contribution in [0, 0.1) is 19.8 Å². The van der Waals surface area contributed by atoms with Crippen molar-refractivity contribution in [3.05, 3.63) is 22.8 Å². The highest BCUT2D eigenvalue weighted by Crippen LogP contribution is 2.24. The van der Waals surface area contributed by atoms with E-state index in [4.69, 9.17) is 4.74 Å². The standard InChI is InChI=1S/C17H31N3O/c1-7-10-18-11-8-9-15-13(4)19-17(20-14(15)5)16(21-6)12(2)3/h12,16,18H,7-11H2,1-6H3. The van der Waals surface area contributed by atoms with E-state index in [0.29, 0.717) is 5.92 Å². The molecule has 0 saturated heterocycles. The highest BCUT2D eigenvalue weighted by atomic mass is 16.5. The number of aryl methyl sites for hydroxylation is 2. The molecule has 0 radical (unpaired) electrons. The van der Waals surface area contributed by atoms with Crippen LogP contribution in [0.5, 0.6) is 0 Å². The Labute approximate surface area is 129 Å². The lowest BCUT2D eigenvalue weighted by molar-refractivity contribution is 0.0571. The van der Waals surface area contributed by atoms with Crippen LogP contribution in [0.4, 0.5) is 0 Å². The Hall–Kier alpha value is -1.00. The van der Waals surface area contributed by atoms with Crippen molar-refractivity contribution >= 4 is 0 Å². The van der Waals surface area contributed by atoms with Gasteiger partial charge in [-0.1, -0.05) is 20.8 Å². The molecule has 1 unspecified atom stereocenters. The van der Waals surface area contributed by atoms with Gasteiger partial charge in [-0.25, -0.2) is 9.97 Å². The number of nitrogens with one attached hydrogen (secondary N) is 1. The van der Waals surface area contributed by atoms with Gasteiger partial charge in [-0.05, 0) is 57.7 Å². The fourth-order valence-electron chi connectivity index (χ4n) is 2.62. The van der Waals surface area contributed by atoms with E-state index in [2.05, 4.69) is 49.9 Å². The van der Waals surface area contributed by atoms with E-state index in [9.17, 15) is 0 Å². The minimum atomic E-state index is -0.0253. The van der Waals surface area contributed by atoms with Gasteiger partial charge >= 0.3 is 0 Å². The summed E-state index contributed by atoms with van der Waals surface area (Å²) in [5.74, 6) is 1.19. The Morgan fingerprint density at radius 3 is 2.19 bits per heavy atom. The summed E-state index contributed by atoms with van der Waals surface area (Å²) in [7, 11) is 1.73. The number of nitrogens with zero attached hydrogens (tertiary/aromatic N) is 2. The second-order valence-corrected chi connectivity index (χ2v) is 5.99. The van der Waals surface area contributed by atoms with Gasteiger partial charge < -0.3 is 10.1 Å². The molecule has 0 aliphatic carbocycles. The zero-order valence-electron chi connectivity index (χ0n) is 14.5. The van der Waals surface area contributed by atoms with Crippen molar-refractivity contribution in [2.24, 2.45) is 5.92 Å². The molecule has 1 atom stereocenters. The van der Waals surface area contributed by atoms with Crippen LogP contribution in [-0.4, -0.2) is 30.2 Å². The number of aromatic nitrogens is 2. The lowest BCUT2D eigenvalue weighted by atomic mass is 10.0. The minimum Gasteiger partial charge on any atom is -0.373 e. The van der Waals surface area contributed by atoms with Crippen molar-refractivity contribution in [3.63, 3.8) is 0 Å². The summed E-state index contributed by atoms with van der Waals surface area (Å²) in [5.41, 5.74) is 3.47. The Bertz CT molecular complexity index is 409. The molecule has 1 heterocycles. The lowest BCUT2D eigenvalue weighted by Crippen LogP contribution is -2.18. The lowest BCUT2D eigenvalue weighted by Gasteiger charge is -2.20. The van der Waals surface area contributed by atoms with Crippen molar-refractivity contribution < 1.29 is 4.74 Å². The van der Waals surface area contributed by atoms with Gasteiger partial charge in [-0.3, -0.25) is 0 Å². The summed E-state index contributed by atoms with van der Waals surface area (Å²) >= 11 is 0. The average Bonchev–Trinajstić information content (AvgIpc) is 2.41. The van der Waals surface area contributed by atoms with Gasteiger partial charge in [0.1, 0.15) is 6.10 Å². The molecule has 4 heteroatoms. The van der Waals surface area contributed by atoms with Gasteiger partial charge in [0.2, 0.25) is 0 Å². The van der Waals surface area contributed by atoms with Crippen molar-refractivity contribution in [1.82, 2.24) is 15.3 Å². The molecular formula is C17H31N3O. The molecule has 0 spiro atoms. The quantitative estimate of drug-likeness (QED) is 0.709. The summed E-state index contributed by atoms with van der Waals surface area (Å²) in [6, 6.07) is 0. The van der Waals surface area contributed by atoms with Gasteiger partial charge in [0.05, 0.1) is 0 Å². The topological polar surface area (TPSA) is 47.0 Å². The summed E-state index contributed by atoms with van der Waals surface area (Å²) in [6.45, 7) is 12.8. The van der Waals surface area contributed by atoms with E-state index < -0.39 is 0 Å². The smallest absolute Gasteiger partial charge is 0.157 e. The minimum absolute atomic E-state index is 0.0253. The van der Waals surface area contributed by atoms with Gasteiger partial charge in [0, 0.05) is 18.5 Å². The summed E-state index contributed by atoms with van der Waals surface area (Å²) < 4.78 is 5.54. The normalized spacial score (nSPS) is 12.9. The molecule has 120 valence electrons. The summed E-state index contributed by atoms with van der Waals surface area (Å²) in [4.78, 5) is 9.37. The monoisotopic (exact) mass is 293 g/mol. The van der Waals surface area contributed by atoms with Gasteiger partial charge in [-0.15, -0.1) is 0 Å². The first-order valence-corrected chi connectivity index (χ1v) is 8.08. The average molecular weight is 293 g/mol. The number of hydrogen-bond donors (Lipinski definition) is 1. The Balaban J connectivity index is 2.75. The first-order valence-electron chi connectivity index (χ1n) is 8.08. The molecule has 0 saturated carbocycles. The zero-order chi connectivity index (χ0) is 15.8. The number of hydrogen-bond acceptors (Lipinski definition) is 4. The third-order valence-electron chi connectivity index (χ3n) is 3.76. The van der Waals surface area contributed by atoms with Crippen LogP contribution in [0.3, 0.4) is 0 Å². The fraction of sp³-hybridized carbons (Fsp3) is 0.765. The van der Waals surface area contributed by atoms with E-state index in [1.54, 1.807) is 7.11 Å². The van der Waals surface area contributed by atoms with Crippen LogP contribution >= 0.6 is 0 Å². The molecule has 1 aromatic rings. The molecule has 0 fully saturated rings. The number of ether oxygens (including phenoxy) is 1. The molecule has 21 heavy (non-hydrogen) atoms. The Morgan fingerprint density at radius 2 is 1.71 bits per heavy atom. The van der Waals surface area contributed by atoms with Crippen LogP contribution in [0.25, 0.3) is 0 Å². The molecule has 1 N–H and O–H groups in total. The second-order valence-electron chi connectivity index (χ2n) is 5.99. The second kappa shape index (κ2) is 9.11. The van der Waals surface area contributed by atoms with Crippen molar-refractivity contribution in [3.8, 4) is 0 Å². The van der Waals surface area contributed by atoms with Crippen LogP contribution < -0.4 is 5.32 Å². The van der Waals surface area contributed by atoms with Crippen LogP contribution in [-0.2, 0) is 11.2 Å². The maximum atomic E-state index is 5.54. The third-order valence-corrected chi connectivity index (χ3v) is 3.76. The molecule has 0 bridgehead atoms. The van der Waals surface area contributed by atoms with Crippen LogP contribution in [0.1, 0.15) is 62.5 Å². The molecule has 4 nitrogen and oxygen atoms in total. The fourth-order valence-corrected chi connectivity index (χ4v) is 2.62. The maximum absolute atomic E-state index is 5.54. The summed E-state index contributed by atoms with van der Waals surface area (Å²) in [6.07, 6.45) is 3.32. The van der Waals surface area contributed by atoms with Gasteiger partial charge in [-0.2, -0.15) is 0 Å². The van der Waals surface area contributed by atoms with Gasteiger partial charge in [0.25, 0.3) is 0 Å². The highest BCUT2D eigenvalue weighted by molar-refractivity contribution is 5.25. The number of rotatable bonds is 9. The molecule has 0 aliphatic rings. The first-order chi connectivity index (χ1) is 10.0. The Kier molecular flexibility index (Phi) is 7.83. The largest absolute Gasteiger partial charge is 0.373 e. The van der Waals surface area contributed by atoms with E-state index in [0.717, 1.165) is 43.1 Å². The molecule has 1 rings (SSSR count). The van der Waals surface area contributed by atoms with E-state index >= 15 is 0 Å². The third kappa shape index (κ3) is 5.36. The number of methoxy groups -OCH3 is 1. The first kappa shape index (κ1) is 18.1. The SMILES string of the molecule is CCCNCCCc1c(C)nc(C(OC)C(C)C)nc1C. The highest BCUT2D eigenvalue weighted by Gasteiger charge is 2.20. The molecule has 0 aliphatic heterocycles. The van der Waals surface area contributed by atoms with Crippen molar-refractivity contribution in [2.45, 2.75) is 60.0 Å². The maximum Gasteiger partial charge on any atom is 0.157 e.